The predicted molar refractivity (Wildman–Crippen MR) is 81.9 cm³/mol. The van der Waals surface area contributed by atoms with Gasteiger partial charge in [-0.05, 0) is 48.1 Å². The van der Waals surface area contributed by atoms with Crippen molar-refractivity contribution in [3.8, 4) is 0 Å². The van der Waals surface area contributed by atoms with E-state index in [0.717, 1.165) is 5.56 Å². The van der Waals surface area contributed by atoms with Crippen molar-refractivity contribution in [1.82, 2.24) is 10.6 Å². The van der Waals surface area contributed by atoms with Gasteiger partial charge in [-0.25, -0.2) is 4.79 Å². The highest BCUT2D eigenvalue weighted by Gasteiger charge is 2.21. The van der Waals surface area contributed by atoms with E-state index in [1.54, 1.807) is 11.3 Å². The Hall–Kier alpha value is -1.07. The lowest BCUT2D eigenvalue weighted by Crippen LogP contribution is -2.45. The minimum Gasteiger partial charge on any atom is -0.387 e. The molecule has 1 fully saturated rings. The monoisotopic (exact) mass is 296 g/mol. The summed E-state index contributed by atoms with van der Waals surface area (Å²) in [4.78, 5) is 11.8. The molecule has 1 aliphatic carbocycles. The summed E-state index contributed by atoms with van der Waals surface area (Å²) >= 11 is 1.54. The maximum absolute atomic E-state index is 11.8. The number of hydrogen-bond acceptors (Lipinski definition) is 3. The Bertz CT molecular complexity index is 402. The zero-order chi connectivity index (χ0) is 14.4. The third-order valence-corrected chi connectivity index (χ3v) is 4.80. The smallest absolute Gasteiger partial charge is 0.315 e. The van der Waals surface area contributed by atoms with Gasteiger partial charge in [-0.2, -0.15) is 11.3 Å². The van der Waals surface area contributed by atoms with Crippen LogP contribution in [0.3, 0.4) is 0 Å². The molecule has 0 bridgehead atoms. The van der Waals surface area contributed by atoms with Gasteiger partial charge in [-0.3, -0.25) is 0 Å². The van der Waals surface area contributed by atoms with Gasteiger partial charge in [0.15, 0.2) is 0 Å². The number of aliphatic hydroxyl groups is 1. The zero-order valence-electron chi connectivity index (χ0n) is 12.0. The van der Waals surface area contributed by atoms with Crippen molar-refractivity contribution >= 4 is 17.4 Å². The SMILES string of the molecule is CC(NC(=O)NCC(O)c1ccsc1)C1CCCCC1. The Kier molecular flexibility index (Phi) is 5.86. The molecular weight excluding hydrogens is 272 g/mol. The van der Waals surface area contributed by atoms with Gasteiger partial charge < -0.3 is 15.7 Å². The third-order valence-electron chi connectivity index (χ3n) is 4.10. The third kappa shape index (κ3) is 4.49. The molecule has 2 amide bonds. The second-order valence-corrected chi connectivity index (χ2v) is 6.39. The van der Waals surface area contributed by atoms with E-state index < -0.39 is 6.10 Å². The highest BCUT2D eigenvalue weighted by atomic mass is 32.1. The maximum Gasteiger partial charge on any atom is 0.315 e. The molecule has 0 radical (unpaired) electrons. The number of rotatable bonds is 5. The van der Waals surface area contributed by atoms with Crippen LogP contribution in [-0.4, -0.2) is 23.7 Å². The zero-order valence-corrected chi connectivity index (χ0v) is 12.8. The van der Waals surface area contributed by atoms with Crippen LogP contribution < -0.4 is 10.6 Å². The van der Waals surface area contributed by atoms with E-state index in [-0.39, 0.29) is 18.6 Å². The molecule has 1 aromatic rings. The van der Waals surface area contributed by atoms with Gasteiger partial charge in [-0.15, -0.1) is 0 Å². The minimum absolute atomic E-state index is 0.183. The van der Waals surface area contributed by atoms with E-state index in [4.69, 9.17) is 0 Å². The van der Waals surface area contributed by atoms with Crippen LogP contribution in [0.4, 0.5) is 4.79 Å². The molecular formula is C15H24N2O2S. The standard InChI is InChI=1S/C15H24N2O2S/c1-11(12-5-3-2-4-6-12)17-15(19)16-9-14(18)13-7-8-20-10-13/h7-8,10-12,14,18H,2-6,9H2,1H3,(H2,16,17,19). The van der Waals surface area contributed by atoms with Crippen molar-refractivity contribution in [2.75, 3.05) is 6.54 Å². The molecule has 112 valence electrons. The minimum atomic E-state index is -0.628. The summed E-state index contributed by atoms with van der Waals surface area (Å²) in [6.45, 7) is 2.32. The van der Waals surface area contributed by atoms with Gasteiger partial charge in [0, 0.05) is 12.6 Å². The summed E-state index contributed by atoms with van der Waals surface area (Å²) in [6.07, 6.45) is 5.65. The molecule has 0 aliphatic heterocycles. The highest BCUT2D eigenvalue weighted by molar-refractivity contribution is 7.07. The number of carbonyl (C=O) groups is 1. The molecule has 5 heteroatoms. The first kappa shape index (κ1) is 15.3. The first-order valence-electron chi connectivity index (χ1n) is 7.41. The molecule has 2 rings (SSSR count). The van der Waals surface area contributed by atoms with Gasteiger partial charge in [0.05, 0.1) is 6.10 Å². The highest BCUT2D eigenvalue weighted by Crippen LogP contribution is 2.26. The molecule has 1 heterocycles. The molecule has 2 atom stereocenters. The number of thiophene rings is 1. The first-order valence-corrected chi connectivity index (χ1v) is 8.35. The van der Waals surface area contributed by atoms with Crippen LogP contribution in [0.2, 0.25) is 0 Å². The van der Waals surface area contributed by atoms with E-state index in [1.165, 1.54) is 32.1 Å². The number of aliphatic hydroxyl groups excluding tert-OH is 1. The van der Waals surface area contributed by atoms with E-state index in [2.05, 4.69) is 17.6 Å². The molecule has 2 unspecified atom stereocenters. The van der Waals surface area contributed by atoms with Crippen LogP contribution in [0.25, 0.3) is 0 Å². The molecule has 0 spiro atoms. The Balaban J connectivity index is 1.69. The molecule has 3 N–H and O–H groups in total. The lowest BCUT2D eigenvalue weighted by molar-refractivity contribution is 0.171. The van der Waals surface area contributed by atoms with Crippen LogP contribution >= 0.6 is 11.3 Å². The van der Waals surface area contributed by atoms with Crippen LogP contribution in [0, 0.1) is 5.92 Å². The lowest BCUT2D eigenvalue weighted by atomic mass is 9.85. The van der Waals surface area contributed by atoms with Crippen molar-refractivity contribution in [3.05, 3.63) is 22.4 Å². The lowest BCUT2D eigenvalue weighted by Gasteiger charge is -2.28. The number of carbonyl (C=O) groups excluding carboxylic acids is 1. The Morgan fingerprint density at radius 1 is 1.45 bits per heavy atom. The summed E-state index contributed by atoms with van der Waals surface area (Å²) in [5.74, 6) is 0.594. The number of nitrogens with one attached hydrogen (secondary N) is 2. The molecule has 1 saturated carbocycles. The average Bonchev–Trinajstić information content (AvgIpc) is 3.00. The summed E-state index contributed by atoms with van der Waals surface area (Å²) in [5, 5.41) is 19.5. The molecule has 20 heavy (non-hydrogen) atoms. The number of urea groups is 1. The van der Waals surface area contributed by atoms with Gasteiger partial charge in [0.25, 0.3) is 0 Å². The fraction of sp³-hybridized carbons (Fsp3) is 0.667. The molecule has 4 nitrogen and oxygen atoms in total. The molecule has 0 aromatic carbocycles. The van der Waals surface area contributed by atoms with Crippen molar-refractivity contribution in [2.45, 2.75) is 51.2 Å². The van der Waals surface area contributed by atoms with E-state index >= 15 is 0 Å². The van der Waals surface area contributed by atoms with Gasteiger partial charge in [-0.1, -0.05) is 19.3 Å². The van der Waals surface area contributed by atoms with Crippen LogP contribution in [0.15, 0.2) is 16.8 Å². The second kappa shape index (κ2) is 7.64. The van der Waals surface area contributed by atoms with Crippen molar-refractivity contribution in [1.29, 1.82) is 0 Å². The van der Waals surface area contributed by atoms with Gasteiger partial charge >= 0.3 is 6.03 Å². The van der Waals surface area contributed by atoms with Crippen LogP contribution in [0.1, 0.15) is 50.7 Å². The van der Waals surface area contributed by atoms with Crippen molar-refractivity contribution in [2.24, 2.45) is 5.92 Å². The van der Waals surface area contributed by atoms with Crippen molar-refractivity contribution < 1.29 is 9.90 Å². The normalized spacial score (nSPS) is 19.3. The average molecular weight is 296 g/mol. The quantitative estimate of drug-likeness (QED) is 0.782. The first-order chi connectivity index (χ1) is 9.66. The number of amides is 2. The molecule has 1 aliphatic rings. The number of hydrogen-bond donors (Lipinski definition) is 3. The van der Waals surface area contributed by atoms with Crippen molar-refractivity contribution in [3.63, 3.8) is 0 Å². The maximum atomic E-state index is 11.8. The van der Waals surface area contributed by atoms with E-state index in [1.807, 2.05) is 16.8 Å². The predicted octanol–water partition coefficient (Wildman–Crippen LogP) is 3.05. The largest absolute Gasteiger partial charge is 0.387 e. The Labute approximate surface area is 124 Å². The van der Waals surface area contributed by atoms with E-state index in [0.29, 0.717) is 5.92 Å². The summed E-state index contributed by atoms with van der Waals surface area (Å²) < 4.78 is 0. The Morgan fingerprint density at radius 3 is 2.85 bits per heavy atom. The fourth-order valence-electron chi connectivity index (χ4n) is 2.78. The molecule has 0 saturated heterocycles. The van der Waals surface area contributed by atoms with Crippen LogP contribution in [0.5, 0.6) is 0 Å². The second-order valence-electron chi connectivity index (χ2n) is 5.61. The van der Waals surface area contributed by atoms with E-state index in [9.17, 15) is 9.90 Å². The summed E-state index contributed by atoms with van der Waals surface area (Å²) in [7, 11) is 0. The topological polar surface area (TPSA) is 61.4 Å². The Morgan fingerprint density at radius 2 is 2.20 bits per heavy atom. The summed E-state index contributed by atoms with van der Waals surface area (Å²) in [5.41, 5.74) is 0.857. The molecule has 1 aromatic heterocycles. The fourth-order valence-corrected chi connectivity index (χ4v) is 3.49. The van der Waals surface area contributed by atoms with Gasteiger partial charge in [0.2, 0.25) is 0 Å². The van der Waals surface area contributed by atoms with Crippen LogP contribution in [-0.2, 0) is 0 Å². The summed E-state index contributed by atoms with van der Waals surface area (Å²) in [6, 6.07) is 1.89. The van der Waals surface area contributed by atoms with Gasteiger partial charge in [0.1, 0.15) is 0 Å².